The molecule has 0 saturated carbocycles. The summed E-state index contributed by atoms with van der Waals surface area (Å²) in [5.74, 6) is -0.776. The van der Waals surface area contributed by atoms with Crippen molar-refractivity contribution in [3.63, 3.8) is 0 Å². The van der Waals surface area contributed by atoms with Gasteiger partial charge in [-0.2, -0.15) is 0 Å². The Labute approximate surface area is 255 Å². The Balaban J connectivity index is 1.80. The molecule has 0 heterocycles. The van der Waals surface area contributed by atoms with Gasteiger partial charge in [0.15, 0.2) is 0 Å². The highest BCUT2D eigenvalue weighted by Gasteiger charge is 2.34. The average Bonchev–Trinajstić information content (AvgIpc) is 3.00. The molecule has 0 spiro atoms. The second-order valence-corrected chi connectivity index (χ2v) is 12.6. The van der Waals surface area contributed by atoms with Crippen LogP contribution in [0.5, 0.6) is 0 Å². The van der Waals surface area contributed by atoms with Crippen LogP contribution in [0.4, 0.5) is 5.69 Å². The van der Waals surface area contributed by atoms with Crippen LogP contribution in [0.15, 0.2) is 108 Å². The maximum Gasteiger partial charge on any atom is 0.264 e. The van der Waals surface area contributed by atoms with Crippen molar-refractivity contribution in [3.8, 4) is 0 Å². The van der Waals surface area contributed by atoms with E-state index in [1.54, 1.807) is 36.4 Å². The van der Waals surface area contributed by atoms with Crippen LogP contribution in [0.2, 0.25) is 0 Å². The van der Waals surface area contributed by atoms with Gasteiger partial charge in [0.05, 0.1) is 10.6 Å². The first kappa shape index (κ1) is 31.5. The van der Waals surface area contributed by atoms with Crippen LogP contribution in [0, 0.1) is 20.8 Å². The standard InChI is InChI=1S/C35H39N3O4S/c1-5-36-35(40)33(23-29-12-7-6-8-13-29)37(24-30-19-15-26(2)16-20-30)34(39)25-38(32-14-10-9-11-28(32)4)43(41,42)31-21-17-27(3)18-22-31/h6-22,33H,5,23-25H2,1-4H3,(H,36,40). The average molecular weight is 598 g/mol. The minimum atomic E-state index is -4.13. The Kier molecular flexibility index (Phi) is 10.4. The van der Waals surface area contributed by atoms with E-state index in [0.717, 1.165) is 26.6 Å². The zero-order chi connectivity index (χ0) is 31.0. The number of likely N-dealkylation sites (N-methyl/N-ethyl adjacent to an activating group) is 1. The number of benzene rings is 4. The molecule has 2 amide bonds. The lowest BCUT2D eigenvalue weighted by Crippen LogP contribution is -2.53. The quantitative estimate of drug-likeness (QED) is 0.231. The molecule has 0 radical (unpaired) electrons. The lowest BCUT2D eigenvalue weighted by molar-refractivity contribution is -0.140. The summed E-state index contributed by atoms with van der Waals surface area (Å²) in [6.45, 7) is 7.57. The second-order valence-electron chi connectivity index (χ2n) is 10.7. The van der Waals surface area contributed by atoms with Gasteiger partial charge in [0.25, 0.3) is 10.0 Å². The van der Waals surface area contributed by atoms with Gasteiger partial charge in [-0.05, 0) is 62.6 Å². The number of hydrogen-bond donors (Lipinski definition) is 1. The van der Waals surface area contributed by atoms with Crippen LogP contribution >= 0.6 is 0 Å². The highest BCUT2D eigenvalue weighted by molar-refractivity contribution is 7.92. The number of rotatable bonds is 12. The fourth-order valence-corrected chi connectivity index (χ4v) is 6.41. The maximum absolute atomic E-state index is 14.4. The molecule has 0 aliphatic carbocycles. The first-order valence-corrected chi connectivity index (χ1v) is 15.9. The van der Waals surface area contributed by atoms with E-state index in [2.05, 4.69) is 5.32 Å². The van der Waals surface area contributed by atoms with Crippen molar-refractivity contribution in [1.29, 1.82) is 0 Å². The van der Waals surface area contributed by atoms with Gasteiger partial charge >= 0.3 is 0 Å². The molecule has 43 heavy (non-hydrogen) atoms. The van der Waals surface area contributed by atoms with Gasteiger partial charge in [-0.25, -0.2) is 8.42 Å². The summed E-state index contributed by atoms with van der Waals surface area (Å²) in [6, 6.07) is 30.1. The highest BCUT2D eigenvalue weighted by atomic mass is 32.2. The molecule has 1 atom stereocenters. The van der Waals surface area contributed by atoms with Crippen LogP contribution in [0.25, 0.3) is 0 Å². The molecule has 224 valence electrons. The number of nitrogens with one attached hydrogen (secondary N) is 1. The van der Waals surface area contributed by atoms with Crippen molar-refractivity contribution >= 4 is 27.5 Å². The Bertz CT molecular complexity index is 1640. The Morgan fingerprint density at radius 3 is 1.93 bits per heavy atom. The molecule has 1 unspecified atom stereocenters. The molecular formula is C35H39N3O4S. The van der Waals surface area contributed by atoms with Crippen molar-refractivity contribution in [3.05, 3.63) is 131 Å². The molecule has 4 rings (SSSR count). The molecule has 0 aromatic heterocycles. The first-order chi connectivity index (χ1) is 20.6. The number of sulfonamides is 1. The van der Waals surface area contributed by atoms with Crippen molar-refractivity contribution in [2.24, 2.45) is 0 Å². The van der Waals surface area contributed by atoms with Crippen LogP contribution in [0.3, 0.4) is 0 Å². The van der Waals surface area contributed by atoms with E-state index in [4.69, 9.17) is 0 Å². The predicted octanol–water partition coefficient (Wildman–Crippen LogP) is 5.58. The third kappa shape index (κ3) is 7.90. The summed E-state index contributed by atoms with van der Waals surface area (Å²) in [4.78, 5) is 29.6. The van der Waals surface area contributed by atoms with E-state index in [-0.39, 0.29) is 23.8 Å². The van der Waals surface area contributed by atoms with E-state index in [1.807, 2.05) is 94.4 Å². The van der Waals surface area contributed by atoms with E-state index >= 15 is 0 Å². The van der Waals surface area contributed by atoms with Crippen molar-refractivity contribution in [2.45, 2.75) is 51.6 Å². The van der Waals surface area contributed by atoms with Gasteiger partial charge in [0, 0.05) is 19.5 Å². The zero-order valence-corrected chi connectivity index (χ0v) is 26.0. The number of para-hydroxylation sites is 1. The second kappa shape index (κ2) is 14.2. The SMILES string of the molecule is CCNC(=O)C(Cc1ccccc1)N(Cc1ccc(C)cc1)C(=O)CN(c1ccccc1C)S(=O)(=O)c1ccc(C)cc1. The van der Waals surface area contributed by atoms with E-state index in [0.29, 0.717) is 17.8 Å². The van der Waals surface area contributed by atoms with Crippen LogP contribution < -0.4 is 9.62 Å². The Morgan fingerprint density at radius 2 is 1.33 bits per heavy atom. The Morgan fingerprint density at radius 1 is 0.744 bits per heavy atom. The van der Waals surface area contributed by atoms with Crippen molar-refractivity contribution < 1.29 is 18.0 Å². The summed E-state index contributed by atoms with van der Waals surface area (Å²) in [5, 5.41) is 2.89. The van der Waals surface area contributed by atoms with Crippen molar-refractivity contribution in [1.82, 2.24) is 10.2 Å². The molecule has 0 saturated heterocycles. The van der Waals surface area contributed by atoms with Crippen LogP contribution in [-0.2, 0) is 32.6 Å². The summed E-state index contributed by atoms with van der Waals surface area (Å²) in [6.07, 6.45) is 0.277. The third-order valence-electron chi connectivity index (χ3n) is 7.37. The largest absolute Gasteiger partial charge is 0.355 e. The minimum absolute atomic E-state index is 0.0869. The molecule has 7 nitrogen and oxygen atoms in total. The highest BCUT2D eigenvalue weighted by Crippen LogP contribution is 2.28. The number of aryl methyl sites for hydroxylation is 3. The van der Waals surface area contributed by atoms with Gasteiger partial charge in [-0.15, -0.1) is 0 Å². The van der Waals surface area contributed by atoms with Crippen LogP contribution in [-0.4, -0.2) is 44.3 Å². The molecule has 0 fully saturated rings. The lowest BCUT2D eigenvalue weighted by atomic mass is 10.0. The number of carbonyl (C=O) groups excluding carboxylic acids is 2. The number of carbonyl (C=O) groups is 2. The molecule has 0 aliphatic heterocycles. The molecule has 0 bridgehead atoms. The van der Waals surface area contributed by atoms with E-state index in [1.165, 1.54) is 4.90 Å². The van der Waals surface area contributed by atoms with Gasteiger partial charge in [-0.3, -0.25) is 13.9 Å². The molecule has 4 aromatic rings. The summed E-state index contributed by atoms with van der Waals surface area (Å²) in [5.41, 5.74) is 4.84. The predicted molar refractivity (Wildman–Crippen MR) is 171 cm³/mol. The van der Waals surface area contributed by atoms with Crippen molar-refractivity contribution in [2.75, 3.05) is 17.4 Å². The summed E-state index contributed by atoms with van der Waals surface area (Å²) in [7, 11) is -4.13. The molecule has 4 aromatic carbocycles. The number of amides is 2. The normalized spacial score (nSPS) is 11.9. The van der Waals surface area contributed by atoms with Gasteiger partial charge < -0.3 is 10.2 Å². The van der Waals surface area contributed by atoms with Gasteiger partial charge in [0.1, 0.15) is 12.6 Å². The smallest absolute Gasteiger partial charge is 0.264 e. The number of hydrogen-bond acceptors (Lipinski definition) is 4. The fourth-order valence-electron chi connectivity index (χ4n) is 4.93. The zero-order valence-electron chi connectivity index (χ0n) is 25.2. The topological polar surface area (TPSA) is 86.8 Å². The fraction of sp³-hybridized carbons (Fsp3) is 0.257. The van der Waals surface area contributed by atoms with E-state index in [9.17, 15) is 18.0 Å². The molecule has 8 heteroatoms. The molecular weight excluding hydrogens is 558 g/mol. The number of anilines is 1. The Hall–Kier alpha value is -4.43. The van der Waals surface area contributed by atoms with Crippen LogP contribution in [0.1, 0.15) is 34.7 Å². The first-order valence-electron chi connectivity index (χ1n) is 14.4. The minimum Gasteiger partial charge on any atom is -0.355 e. The van der Waals surface area contributed by atoms with Gasteiger partial charge in [-0.1, -0.05) is 96.1 Å². The number of nitrogens with zero attached hydrogens (tertiary/aromatic N) is 2. The monoisotopic (exact) mass is 597 g/mol. The van der Waals surface area contributed by atoms with Gasteiger partial charge in [0.2, 0.25) is 11.8 Å². The molecule has 1 N–H and O–H groups in total. The summed E-state index contributed by atoms with van der Waals surface area (Å²) < 4.78 is 29.4. The maximum atomic E-state index is 14.4. The third-order valence-corrected chi connectivity index (χ3v) is 9.14. The van der Waals surface area contributed by atoms with E-state index < -0.39 is 28.5 Å². The summed E-state index contributed by atoms with van der Waals surface area (Å²) >= 11 is 0. The lowest BCUT2D eigenvalue weighted by Gasteiger charge is -2.34. The molecule has 0 aliphatic rings.